The summed E-state index contributed by atoms with van der Waals surface area (Å²) in [7, 11) is 1.66. The molecule has 1 amide bonds. The van der Waals surface area contributed by atoms with E-state index >= 15 is 0 Å². The fourth-order valence-electron chi connectivity index (χ4n) is 3.29. The lowest BCUT2D eigenvalue weighted by atomic mass is 10.1. The van der Waals surface area contributed by atoms with Crippen LogP contribution >= 0.6 is 23.1 Å². The molecule has 4 rings (SSSR count). The lowest BCUT2D eigenvalue weighted by Gasteiger charge is -2.09. The third-order valence-corrected chi connectivity index (χ3v) is 7.16. The minimum atomic E-state index is -0.0701. The lowest BCUT2D eigenvalue weighted by molar-refractivity contribution is -0.113. The highest BCUT2D eigenvalue weighted by Crippen LogP contribution is 2.38. The van der Waals surface area contributed by atoms with E-state index in [1.807, 2.05) is 75.4 Å². The van der Waals surface area contributed by atoms with Crippen LogP contribution in [0.4, 0.5) is 5.69 Å². The first-order valence-electron chi connectivity index (χ1n) is 10.4. The number of aryl methyl sites for hydroxylation is 3. The highest BCUT2D eigenvalue weighted by Gasteiger charge is 2.16. The van der Waals surface area contributed by atoms with Crippen LogP contribution < -0.4 is 10.1 Å². The van der Waals surface area contributed by atoms with E-state index in [4.69, 9.17) is 9.72 Å². The van der Waals surface area contributed by atoms with Crippen LogP contribution in [0.25, 0.3) is 21.1 Å². The second-order valence-electron chi connectivity index (χ2n) is 7.55. The summed E-state index contributed by atoms with van der Waals surface area (Å²) in [5.74, 6) is 0.980. The van der Waals surface area contributed by atoms with Gasteiger partial charge in [0.2, 0.25) is 5.91 Å². The molecule has 0 atom stereocenters. The highest BCUT2D eigenvalue weighted by molar-refractivity contribution is 7.99. The van der Waals surface area contributed by atoms with Crippen molar-refractivity contribution in [3.63, 3.8) is 0 Å². The summed E-state index contributed by atoms with van der Waals surface area (Å²) in [6, 6.07) is 17.6. The van der Waals surface area contributed by atoms with Crippen LogP contribution in [0.15, 0.2) is 59.6 Å². The zero-order chi connectivity index (χ0) is 23.4. The smallest absolute Gasteiger partial charge is 0.234 e. The predicted octanol–water partition coefficient (Wildman–Crippen LogP) is 5.93. The number of aromatic nitrogens is 3. The van der Waals surface area contributed by atoms with Gasteiger partial charge in [-0.2, -0.15) is 0 Å². The van der Waals surface area contributed by atoms with E-state index < -0.39 is 0 Å². The molecule has 0 aliphatic carbocycles. The van der Waals surface area contributed by atoms with Crippen molar-refractivity contribution in [3.8, 4) is 26.9 Å². The molecule has 0 saturated heterocycles. The molecule has 0 fully saturated rings. The largest absolute Gasteiger partial charge is 0.496 e. The normalized spacial score (nSPS) is 10.8. The highest BCUT2D eigenvalue weighted by atomic mass is 32.2. The molecule has 2 heterocycles. The number of thioether (sulfide) groups is 1. The van der Waals surface area contributed by atoms with Gasteiger partial charge in [0.1, 0.15) is 21.5 Å². The third-order valence-electron chi connectivity index (χ3n) is 5.02. The van der Waals surface area contributed by atoms with Crippen molar-refractivity contribution >= 4 is 34.7 Å². The minimum Gasteiger partial charge on any atom is -0.496 e. The molecule has 0 unspecified atom stereocenters. The zero-order valence-corrected chi connectivity index (χ0v) is 20.5. The van der Waals surface area contributed by atoms with E-state index in [1.54, 1.807) is 18.4 Å². The van der Waals surface area contributed by atoms with E-state index in [1.165, 1.54) is 11.8 Å². The molecule has 0 aliphatic rings. The van der Waals surface area contributed by atoms with Crippen molar-refractivity contribution < 1.29 is 9.53 Å². The van der Waals surface area contributed by atoms with Gasteiger partial charge in [-0.3, -0.25) is 4.79 Å². The summed E-state index contributed by atoms with van der Waals surface area (Å²) >= 11 is 2.92. The molecule has 1 N–H and O–H groups in total. The fraction of sp³-hybridized carbons (Fsp3) is 0.200. The van der Waals surface area contributed by atoms with Gasteiger partial charge in [-0.15, -0.1) is 21.5 Å². The number of methoxy groups -OCH3 is 1. The number of benzene rings is 2. The second kappa shape index (κ2) is 10.1. The van der Waals surface area contributed by atoms with Crippen LogP contribution in [0.2, 0.25) is 0 Å². The number of rotatable bonds is 7. The number of nitrogens with one attached hydrogen (secondary N) is 1. The van der Waals surface area contributed by atoms with Crippen molar-refractivity contribution in [2.24, 2.45) is 0 Å². The first-order chi connectivity index (χ1) is 15.9. The maximum Gasteiger partial charge on any atom is 0.234 e. The summed E-state index contributed by atoms with van der Waals surface area (Å²) in [6.45, 7) is 5.95. The summed E-state index contributed by atoms with van der Waals surface area (Å²) < 4.78 is 5.47. The zero-order valence-electron chi connectivity index (χ0n) is 18.9. The number of hydrogen-bond donors (Lipinski definition) is 1. The number of carbonyl (C=O) groups is 1. The number of anilines is 1. The first-order valence-corrected chi connectivity index (χ1v) is 12.2. The molecule has 0 saturated carbocycles. The molecule has 0 spiro atoms. The second-order valence-corrected chi connectivity index (χ2v) is 9.54. The third kappa shape index (κ3) is 5.40. The van der Waals surface area contributed by atoms with E-state index in [2.05, 4.69) is 15.5 Å². The van der Waals surface area contributed by atoms with Crippen molar-refractivity contribution in [3.05, 3.63) is 71.4 Å². The van der Waals surface area contributed by atoms with Crippen LogP contribution in [-0.4, -0.2) is 34.0 Å². The van der Waals surface area contributed by atoms with Gasteiger partial charge in [0, 0.05) is 5.69 Å². The molecule has 2 aromatic carbocycles. The molecular formula is C25H24N4O2S2. The van der Waals surface area contributed by atoms with E-state index in [9.17, 15) is 4.79 Å². The molecule has 168 valence electrons. The van der Waals surface area contributed by atoms with Gasteiger partial charge in [0.15, 0.2) is 0 Å². The van der Waals surface area contributed by atoms with E-state index in [0.717, 1.165) is 49.4 Å². The Morgan fingerprint density at radius 1 is 1.06 bits per heavy atom. The van der Waals surface area contributed by atoms with Gasteiger partial charge in [0.25, 0.3) is 0 Å². The molecule has 0 bridgehead atoms. The number of carbonyl (C=O) groups excluding carboxylic acids is 1. The van der Waals surface area contributed by atoms with Crippen molar-refractivity contribution in [1.82, 2.24) is 15.2 Å². The Morgan fingerprint density at radius 3 is 2.64 bits per heavy atom. The lowest BCUT2D eigenvalue weighted by Crippen LogP contribution is -2.15. The van der Waals surface area contributed by atoms with Gasteiger partial charge in [-0.1, -0.05) is 36.0 Å². The standard InChI is InChI=1S/C25H24N4O2S2/c1-15-9-10-16(2)20(13-15)27-22(30)14-32-23-12-11-19(28-29-23)24-17(3)26-25(33-24)18-7-5-6-8-21(18)31-4/h5-13H,14H2,1-4H3,(H,27,30). The van der Waals surface area contributed by atoms with E-state index in [-0.39, 0.29) is 11.7 Å². The van der Waals surface area contributed by atoms with Crippen LogP contribution in [0.5, 0.6) is 5.75 Å². The minimum absolute atomic E-state index is 0.0701. The van der Waals surface area contributed by atoms with Crippen LogP contribution in [0.3, 0.4) is 0 Å². The topological polar surface area (TPSA) is 77.0 Å². The summed E-state index contributed by atoms with van der Waals surface area (Å²) in [6.07, 6.45) is 0. The number of nitrogens with zero attached hydrogens (tertiary/aromatic N) is 3. The van der Waals surface area contributed by atoms with Gasteiger partial charge < -0.3 is 10.1 Å². The summed E-state index contributed by atoms with van der Waals surface area (Å²) in [5, 5.41) is 13.2. The quantitative estimate of drug-likeness (QED) is 0.333. The Kier molecular flexibility index (Phi) is 7.05. The van der Waals surface area contributed by atoms with Gasteiger partial charge in [0.05, 0.1) is 29.0 Å². The number of ether oxygens (including phenoxy) is 1. The molecule has 6 nitrogen and oxygen atoms in total. The number of thiazole rings is 1. The van der Waals surface area contributed by atoms with Crippen molar-refractivity contribution in [1.29, 1.82) is 0 Å². The van der Waals surface area contributed by atoms with Gasteiger partial charge >= 0.3 is 0 Å². The Balaban J connectivity index is 1.43. The van der Waals surface area contributed by atoms with E-state index in [0.29, 0.717) is 5.03 Å². The van der Waals surface area contributed by atoms with Crippen LogP contribution in [0.1, 0.15) is 16.8 Å². The summed E-state index contributed by atoms with van der Waals surface area (Å²) in [4.78, 5) is 18.1. The monoisotopic (exact) mass is 476 g/mol. The number of amides is 1. The van der Waals surface area contributed by atoms with Crippen LogP contribution in [0, 0.1) is 20.8 Å². The van der Waals surface area contributed by atoms with Crippen LogP contribution in [-0.2, 0) is 4.79 Å². The van der Waals surface area contributed by atoms with Gasteiger partial charge in [-0.25, -0.2) is 4.98 Å². The van der Waals surface area contributed by atoms with Crippen molar-refractivity contribution in [2.75, 3.05) is 18.2 Å². The maximum absolute atomic E-state index is 12.4. The maximum atomic E-state index is 12.4. The Labute approximate surface area is 201 Å². The van der Waals surface area contributed by atoms with Crippen molar-refractivity contribution in [2.45, 2.75) is 25.8 Å². The molecule has 0 aliphatic heterocycles. The summed E-state index contributed by atoms with van der Waals surface area (Å²) in [5.41, 5.74) is 5.59. The fourth-order valence-corrected chi connectivity index (χ4v) is 4.96. The molecule has 4 aromatic rings. The van der Waals surface area contributed by atoms with Gasteiger partial charge in [-0.05, 0) is 62.2 Å². The number of hydrogen-bond acceptors (Lipinski definition) is 7. The molecule has 33 heavy (non-hydrogen) atoms. The first kappa shape index (κ1) is 22.9. The molecular weight excluding hydrogens is 452 g/mol. The Hall–Kier alpha value is -3.23. The Morgan fingerprint density at radius 2 is 1.88 bits per heavy atom. The molecule has 2 aromatic heterocycles. The number of para-hydroxylation sites is 1. The Bertz CT molecular complexity index is 1290. The average Bonchev–Trinajstić information content (AvgIpc) is 3.21. The predicted molar refractivity (Wildman–Crippen MR) is 135 cm³/mol. The SMILES string of the molecule is COc1ccccc1-c1nc(C)c(-c2ccc(SCC(=O)Nc3cc(C)ccc3C)nn2)s1. The molecule has 8 heteroatoms. The molecule has 0 radical (unpaired) electrons. The average molecular weight is 477 g/mol.